The molecule has 1 rings (SSSR count). The van der Waals surface area contributed by atoms with Crippen molar-refractivity contribution in [3.63, 3.8) is 0 Å². The number of carbonyl (C=O) groups excluding carboxylic acids is 1. The van der Waals surface area contributed by atoms with Gasteiger partial charge in [-0.15, -0.1) is 0 Å². The number of carboxylic acids is 1. The Bertz CT molecular complexity index is 292. The number of carbonyl (C=O) groups is 2. The van der Waals surface area contributed by atoms with Crippen molar-refractivity contribution >= 4 is 11.9 Å². The second-order valence-electron chi connectivity index (χ2n) is 5.21. The molecular weight excluding hydrogens is 224 g/mol. The van der Waals surface area contributed by atoms with Crippen LogP contribution in [0.3, 0.4) is 0 Å². The van der Waals surface area contributed by atoms with E-state index >= 15 is 0 Å². The fourth-order valence-corrected chi connectivity index (χ4v) is 1.62. The van der Waals surface area contributed by atoms with Crippen LogP contribution in [0.4, 0.5) is 0 Å². The van der Waals surface area contributed by atoms with Gasteiger partial charge in [0.1, 0.15) is 12.1 Å². The quantitative estimate of drug-likeness (QED) is 0.628. The van der Waals surface area contributed by atoms with Crippen LogP contribution in [0.1, 0.15) is 20.8 Å². The van der Waals surface area contributed by atoms with Gasteiger partial charge in [0.2, 0.25) is 0 Å². The monoisotopic (exact) mass is 244 g/mol. The van der Waals surface area contributed by atoms with Crippen molar-refractivity contribution in [2.45, 2.75) is 32.9 Å². The van der Waals surface area contributed by atoms with Gasteiger partial charge in [0.15, 0.2) is 0 Å². The largest absolute Gasteiger partial charge is 0.480 e. The average molecular weight is 244 g/mol. The highest BCUT2D eigenvalue weighted by Crippen LogP contribution is 2.19. The van der Waals surface area contributed by atoms with E-state index in [0.29, 0.717) is 19.7 Å². The second kappa shape index (κ2) is 5.46. The minimum Gasteiger partial charge on any atom is -0.480 e. The summed E-state index contributed by atoms with van der Waals surface area (Å²) in [7, 11) is 0. The molecule has 1 aliphatic rings. The summed E-state index contributed by atoms with van der Waals surface area (Å²) >= 11 is 0. The van der Waals surface area contributed by atoms with E-state index in [0.717, 1.165) is 0 Å². The lowest BCUT2D eigenvalue weighted by Crippen LogP contribution is -2.55. The van der Waals surface area contributed by atoms with Crippen molar-refractivity contribution in [2.75, 3.05) is 19.7 Å². The SMILES string of the molecule is CC(C)(C)[C@@H](NC(=O)C1CNCCO1)C(=O)O. The molecule has 0 aliphatic carbocycles. The van der Waals surface area contributed by atoms with Gasteiger partial charge in [0.25, 0.3) is 5.91 Å². The molecule has 98 valence electrons. The predicted octanol–water partition coefficient (Wildman–Crippen LogP) is -0.410. The van der Waals surface area contributed by atoms with Crippen molar-refractivity contribution in [2.24, 2.45) is 5.41 Å². The third kappa shape index (κ3) is 3.98. The Morgan fingerprint density at radius 1 is 1.47 bits per heavy atom. The Labute approximate surface area is 101 Å². The first kappa shape index (κ1) is 13.9. The van der Waals surface area contributed by atoms with Crippen LogP contribution in [0.15, 0.2) is 0 Å². The van der Waals surface area contributed by atoms with Gasteiger partial charge >= 0.3 is 5.97 Å². The van der Waals surface area contributed by atoms with Crippen LogP contribution < -0.4 is 10.6 Å². The summed E-state index contributed by atoms with van der Waals surface area (Å²) in [6.07, 6.45) is -0.604. The van der Waals surface area contributed by atoms with Crippen LogP contribution in [0, 0.1) is 5.41 Å². The zero-order valence-electron chi connectivity index (χ0n) is 10.4. The lowest BCUT2D eigenvalue weighted by molar-refractivity contribution is -0.148. The van der Waals surface area contributed by atoms with E-state index in [2.05, 4.69) is 10.6 Å². The molecule has 1 fully saturated rings. The molecule has 6 heteroatoms. The molecule has 0 bridgehead atoms. The van der Waals surface area contributed by atoms with Gasteiger partial charge in [0.05, 0.1) is 6.61 Å². The summed E-state index contributed by atoms with van der Waals surface area (Å²) in [4.78, 5) is 22.9. The van der Waals surface area contributed by atoms with Gasteiger partial charge in [0, 0.05) is 13.1 Å². The molecule has 1 saturated heterocycles. The van der Waals surface area contributed by atoms with Gasteiger partial charge in [-0.3, -0.25) is 4.79 Å². The molecule has 0 saturated carbocycles. The number of hydrogen-bond donors (Lipinski definition) is 3. The van der Waals surface area contributed by atoms with Gasteiger partial charge < -0.3 is 20.5 Å². The van der Waals surface area contributed by atoms with Crippen LogP contribution in [0.2, 0.25) is 0 Å². The van der Waals surface area contributed by atoms with E-state index < -0.39 is 23.5 Å². The summed E-state index contributed by atoms with van der Waals surface area (Å²) in [5, 5.41) is 14.6. The summed E-state index contributed by atoms with van der Waals surface area (Å²) in [6, 6.07) is -0.916. The van der Waals surface area contributed by atoms with E-state index in [9.17, 15) is 9.59 Å². The Kier molecular flexibility index (Phi) is 4.47. The first-order valence-corrected chi connectivity index (χ1v) is 5.68. The number of amides is 1. The highest BCUT2D eigenvalue weighted by atomic mass is 16.5. The molecule has 0 radical (unpaired) electrons. The summed E-state index contributed by atoms with van der Waals surface area (Å²) in [5.41, 5.74) is -0.538. The smallest absolute Gasteiger partial charge is 0.326 e. The number of hydrogen-bond acceptors (Lipinski definition) is 4. The molecule has 0 aromatic carbocycles. The Morgan fingerprint density at radius 3 is 2.53 bits per heavy atom. The molecule has 1 heterocycles. The van der Waals surface area contributed by atoms with Crippen molar-refractivity contribution < 1.29 is 19.4 Å². The topological polar surface area (TPSA) is 87.7 Å². The molecule has 0 spiro atoms. The first-order chi connectivity index (χ1) is 7.82. The molecule has 0 aromatic rings. The number of ether oxygens (including phenoxy) is 1. The highest BCUT2D eigenvalue weighted by Gasteiger charge is 2.34. The standard InChI is InChI=1S/C11H20N2O4/c1-11(2,3)8(10(15)16)13-9(14)7-6-12-4-5-17-7/h7-8,12H,4-6H2,1-3H3,(H,13,14)(H,15,16)/t7?,8-/m0/s1. The van der Waals surface area contributed by atoms with Crippen molar-refractivity contribution in [3.8, 4) is 0 Å². The van der Waals surface area contributed by atoms with Crippen LogP contribution in [-0.2, 0) is 14.3 Å². The Morgan fingerprint density at radius 2 is 2.12 bits per heavy atom. The van der Waals surface area contributed by atoms with E-state index in [1.165, 1.54) is 0 Å². The lowest BCUT2D eigenvalue weighted by Gasteiger charge is -2.30. The molecule has 1 unspecified atom stereocenters. The molecule has 1 amide bonds. The van der Waals surface area contributed by atoms with E-state index in [4.69, 9.17) is 9.84 Å². The summed E-state index contributed by atoms with van der Waals surface area (Å²) in [5.74, 6) is -1.41. The van der Waals surface area contributed by atoms with E-state index in [1.807, 2.05) is 0 Å². The summed E-state index contributed by atoms with van der Waals surface area (Å²) < 4.78 is 5.27. The molecule has 1 aliphatic heterocycles. The van der Waals surface area contributed by atoms with Gasteiger partial charge in [-0.2, -0.15) is 0 Å². The molecule has 2 atom stereocenters. The predicted molar refractivity (Wildman–Crippen MR) is 61.6 cm³/mol. The average Bonchev–Trinajstić information content (AvgIpc) is 2.24. The second-order valence-corrected chi connectivity index (χ2v) is 5.21. The van der Waals surface area contributed by atoms with Gasteiger partial charge in [-0.05, 0) is 5.41 Å². The number of morpholine rings is 1. The number of rotatable bonds is 3. The maximum absolute atomic E-state index is 11.8. The maximum atomic E-state index is 11.8. The third-order valence-corrected chi connectivity index (χ3v) is 2.62. The Hall–Kier alpha value is -1.14. The van der Waals surface area contributed by atoms with Crippen LogP contribution in [0.5, 0.6) is 0 Å². The van der Waals surface area contributed by atoms with Crippen molar-refractivity contribution in [3.05, 3.63) is 0 Å². The normalized spacial score (nSPS) is 22.9. The molecule has 17 heavy (non-hydrogen) atoms. The minimum absolute atomic E-state index is 0.375. The highest BCUT2D eigenvalue weighted by molar-refractivity contribution is 5.87. The van der Waals surface area contributed by atoms with E-state index in [-0.39, 0.29) is 5.91 Å². The molecule has 0 aromatic heterocycles. The third-order valence-electron chi connectivity index (χ3n) is 2.62. The molecule has 3 N–H and O–H groups in total. The number of carboxylic acid groups (broad SMARTS) is 1. The van der Waals surface area contributed by atoms with E-state index in [1.54, 1.807) is 20.8 Å². The zero-order chi connectivity index (χ0) is 13.1. The molecule has 6 nitrogen and oxygen atoms in total. The summed E-state index contributed by atoms with van der Waals surface area (Å²) in [6.45, 7) is 6.91. The maximum Gasteiger partial charge on any atom is 0.326 e. The fraction of sp³-hybridized carbons (Fsp3) is 0.818. The van der Waals surface area contributed by atoms with Crippen molar-refractivity contribution in [1.82, 2.24) is 10.6 Å². The lowest BCUT2D eigenvalue weighted by atomic mass is 9.86. The zero-order valence-corrected chi connectivity index (χ0v) is 10.4. The number of nitrogens with one attached hydrogen (secondary N) is 2. The van der Waals surface area contributed by atoms with Gasteiger partial charge in [-0.25, -0.2) is 4.79 Å². The minimum atomic E-state index is -1.03. The first-order valence-electron chi connectivity index (χ1n) is 5.68. The fourth-order valence-electron chi connectivity index (χ4n) is 1.62. The molecular formula is C11H20N2O4. The number of aliphatic carboxylic acids is 1. The van der Waals surface area contributed by atoms with Crippen LogP contribution >= 0.6 is 0 Å². The van der Waals surface area contributed by atoms with Gasteiger partial charge in [-0.1, -0.05) is 20.8 Å². The van der Waals surface area contributed by atoms with Crippen molar-refractivity contribution in [1.29, 1.82) is 0 Å². The van der Waals surface area contributed by atoms with Crippen LogP contribution in [0.25, 0.3) is 0 Å². The van der Waals surface area contributed by atoms with Crippen LogP contribution in [-0.4, -0.2) is 48.8 Å². The Balaban J connectivity index is 2.60.